The number of amides is 2. The van der Waals surface area contributed by atoms with Crippen molar-refractivity contribution in [3.05, 3.63) is 59.2 Å². The first-order valence-corrected chi connectivity index (χ1v) is 12.3. The molecule has 1 aliphatic carbocycles. The van der Waals surface area contributed by atoms with Gasteiger partial charge in [0.05, 0.1) is 5.56 Å². The van der Waals surface area contributed by atoms with Crippen molar-refractivity contribution in [2.75, 3.05) is 11.9 Å². The van der Waals surface area contributed by atoms with E-state index in [0.717, 1.165) is 36.8 Å². The largest absolute Gasteiger partial charge is 0.446 e. The molecule has 0 unspecified atom stereocenters. The molecule has 1 N–H and O–H groups in total. The molecule has 1 saturated carbocycles. The first kappa shape index (κ1) is 23.9. The predicted octanol–water partition coefficient (Wildman–Crippen LogP) is 4.75. The third-order valence-corrected chi connectivity index (χ3v) is 6.72. The van der Waals surface area contributed by atoms with Gasteiger partial charge in [0, 0.05) is 19.1 Å². The molecule has 3 aromatic rings. The van der Waals surface area contributed by atoms with E-state index in [4.69, 9.17) is 4.74 Å². The third kappa shape index (κ3) is 4.93. The number of nitrogens with zero attached hydrogens (tertiary/aromatic N) is 5. The van der Waals surface area contributed by atoms with Gasteiger partial charge in [0.2, 0.25) is 0 Å². The number of fused-ring (bicyclic) bond motifs is 1. The smallest absolute Gasteiger partial charge is 0.410 e. The lowest BCUT2D eigenvalue weighted by atomic mass is 9.96. The van der Waals surface area contributed by atoms with Crippen molar-refractivity contribution < 1.29 is 18.7 Å². The molecule has 0 atom stereocenters. The molecular formula is C26H29FN6O3. The average molecular weight is 493 g/mol. The highest BCUT2D eigenvalue weighted by Gasteiger charge is 2.27. The van der Waals surface area contributed by atoms with Crippen molar-refractivity contribution in [2.24, 2.45) is 0 Å². The minimum atomic E-state index is -0.615. The van der Waals surface area contributed by atoms with Crippen LogP contribution in [0.2, 0.25) is 0 Å². The fraction of sp³-hybridized carbons (Fsp3) is 0.423. The van der Waals surface area contributed by atoms with E-state index in [1.807, 2.05) is 18.4 Å². The van der Waals surface area contributed by atoms with Gasteiger partial charge in [-0.25, -0.2) is 14.2 Å². The van der Waals surface area contributed by atoms with E-state index >= 15 is 0 Å². The highest BCUT2D eigenvalue weighted by molar-refractivity contribution is 6.04. The monoisotopic (exact) mass is 492 g/mol. The van der Waals surface area contributed by atoms with Gasteiger partial charge in [-0.15, -0.1) is 10.2 Å². The summed E-state index contributed by atoms with van der Waals surface area (Å²) < 4.78 is 22.4. The predicted molar refractivity (Wildman–Crippen MR) is 131 cm³/mol. The summed E-state index contributed by atoms with van der Waals surface area (Å²) in [5.41, 5.74) is 1.98. The first-order valence-electron chi connectivity index (χ1n) is 12.3. The molecule has 1 aliphatic heterocycles. The minimum Gasteiger partial charge on any atom is -0.446 e. The summed E-state index contributed by atoms with van der Waals surface area (Å²) in [7, 11) is 0. The van der Waals surface area contributed by atoms with Gasteiger partial charge in [-0.3, -0.25) is 4.79 Å². The van der Waals surface area contributed by atoms with E-state index in [0.29, 0.717) is 24.5 Å². The molecule has 0 radical (unpaired) electrons. The zero-order valence-electron chi connectivity index (χ0n) is 20.4. The maximum atomic E-state index is 14.9. The highest BCUT2D eigenvalue weighted by atomic mass is 19.1. The molecule has 1 fully saturated rings. The lowest BCUT2D eigenvalue weighted by Crippen LogP contribution is -2.38. The van der Waals surface area contributed by atoms with Crippen molar-refractivity contribution in [3.63, 3.8) is 0 Å². The van der Waals surface area contributed by atoms with Gasteiger partial charge < -0.3 is 19.5 Å². The fourth-order valence-corrected chi connectivity index (χ4v) is 4.75. The lowest BCUT2D eigenvalue weighted by Gasteiger charge is -2.29. The van der Waals surface area contributed by atoms with E-state index in [1.165, 1.54) is 12.1 Å². The fourth-order valence-electron chi connectivity index (χ4n) is 4.75. The number of nitrogens with one attached hydrogen (secondary N) is 1. The molecule has 2 amide bonds. The van der Waals surface area contributed by atoms with Gasteiger partial charge in [0.1, 0.15) is 29.8 Å². The van der Waals surface area contributed by atoms with Crippen molar-refractivity contribution in [1.82, 2.24) is 24.6 Å². The number of halogens is 1. The second kappa shape index (κ2) is 10.0. The quantitative estimate of drug-likeness (QED) is 0.552. The van der Waals surface area contributed by atoms with Crippen LogP contribution in [0.25, 0.3) is 11.5 Å². The highest BCUT2D eigenvalue weighted by Crippen LogP contribution is 2.27. The van der Waals surface area contributed by atoms with Crippen LogP contribution in [0.5, 0.6) is 0 Å². The van der Waals surface area contributed by atoms with Crippen LogP contribution < -0.4 is 5.32 Å². The molecule has 1 aromatic carbocycles. The van der Waals surface area contributed by atoms with Crippen LogP contribution in [0.15, 0.2) is 36.7 Å². The third-order valence-electron chi connectivity index (χ3n) is 6.72. The Labute approximate surface area is 208 Å². The van der Waals surface area contributed by atoms with E-state index in [-0.39, 0.29) is 36.2 Å². The molecule has 2 aliphatic rings. The molecule has 10 heteroatoms. The Morgan fingerprint density at radius 3 is 2.75 bits per heavy atom. The van der Waals surface area contributed by atoms with Crippen LogP contribution in [0.4, 0.5) is 15.0 Å². The first-order chi connectivity index (χ1) is 17.4. The molecule has 5 rings (SSSR count). The van der Waals surface area contributed by atoms with Gasteiger partial charge in [-0.2, -0.15) is 0 Å². The zero-order chi connectivity index (χ0) is 25.2. The van der Waals surface area contributed by atoms with Gasteiger partial charge >= 0.3 is 6.09 Å². The van der Waals surface area contributed by atoms with Crippen molar-refractivity contribution in [1.29, 1.82) is 0 Å². The topological polar surface area (TPSA) is 102 Å². The summed E-state index contributed by atoms with van der Waals surface area (Å²) in [5, 5.41) is 10.8. The molecule has 9 nitrogen and oxygen atoms in total. The minimum absolute atomic E-state index is 0.0221. The van der Waals surface area contributed by atoms with E-state index in [2.05, 4.69) is 20.5 Å². The maximum Gasteiger partial charge on any atom is 0.410 e. The number of hydrogen-bond donors (Lipinski definition) is 1. The van der Waals surface area contributed by atoms with Crippen LogP contribution in [0.1, 0.15) is 67.1 Å². The summed E-state index contributed by atoms with van der Waals surface area (Å²) in [4.78, 5) is 31.7. The zero-order valence-corrected chi connectivity index (χ0v) is 20.4. The standard InChI is InChI=1S/C26H29FN6O3/c1-16(2)33-15-28-31-24(33)22-8-5-9-23(29-22)30-25(34)20-12-18-14-32(11-10-17(18)13-21(20)27)26(35)36-19-6-3-4-7-19/h5,8-9,12-13,15-16,19H,3-4,6-7,10-11,14H2,1-2H3,(H,29,30,34). The van der Waals surface area contributed by atoms with Crippen LogP contribution in [0.3, 0.4) is 0 Å². The molecule has 0 saturated heterocycles. The van der Waals surface area contributed by atoms with Crippen LogP contribution in [0, 0.1) is 5.82 Å². The second-order valence-electron chi connectivity index (χ2n) is 9.58. The Hall–Kier alpha value is -3.82. The number of aromatic nitrogens is 4. The van der Waals surface area contributed by atoms with Crippen LogP contribution in [-0.2, 0) is 17.7 Å². The lowest BCUT2D eigenvalue weighted by molar-refractivity contribution is 0.0618. The van der Waals surface area contributed by atoms with E-state index in [1.54, 1.807) is 29.4 Å². The number of hydrogen-bond acceptors (Lipinski definition) is 6. The number of pyridine rings is 1. The Balaban J connectivity index is 1.32. The van der Waals surface area contributed by atoms with E-state index < -0.39 is 11.7 Å². The maximum absolute atomic E-state index is 14.9. The van der Waals surface area contributed by atoms with Crippen molar-refractivity contribution in [3.8, 4) is 11.5 Å². The number of carbonyl (C=O) groups is 2. The van der Waals surface area contributed by atoms with Crippen LogP contribution >= 0.6 is 0 Å². The Morgan fingerprint density at radius 1 is 1.17 bits per heavy atom. The number of rotatable bonds is 5. The summed E-state index contributed by atoms with van der Waals surface area (Å²) in [6.45, 7) is 4.75. The molecule has 188 valence electrons. The molecular weight excluding hydrogens is 463 g/mol. The van der Waals surface area contributed by atoms with Gasteiger partial charge in [0.25, 0.3) is 5.91 Å². The van der Waals surface area contributed by atoms with E-state index in [9.17, 15) is 14.0 Å². The second-order valence-corrected chi connectivity index (χ2v) is 9.58. The SMILES string of the molecule is CC(C)n1cnnc1-c1cccc(NC(=O)c2cc3c(cc2F)CCN(C(=O)OC2CCCC2)C3)n1. The van der Waals surface area contributed by atoms with Gasteiger partial charge in [-0.1, -0.05) is 6.07 Å². The molecule has 36 heavy (non-hydrogen) atoms. The summed E-state index contributed by atoms with van der Waals surface area (Å²) in [6, 6.07) is 8.20. The number of ether oxygens (including phenoxy) is 1. The number of benzene rings is 1. The van der Waals surface area contributed by atoms with Gasteiger partial charge in [0.15, 0.2) is 5.82 Å². The van der Waals surface area contributed by atoms with Crippen molar-refractivity contribution >= 4 is 17.8 Å². The summed E-state index contributed by atoms with van der Waals surface area (Å²) in [6.07, 6.45) is 5.72. The Bertz CT molecular complexity index is 1280. The Morgan fingerprint density at radius 2 is 1.97 bits per heavy atom. The average Bonchev–Trinajstić information content (AvgIpc) is 3.56. The van der Waals surface area contributed by atoms with Gasteiger partial charge in [-0.05, 0) is 81.3 Å². The Kier molecular flexibility index (Phi) is 6.67. The normalized spacial score (nSPS) is 15.7. The van der Waals surface area contributed by atoms with Crippen LogP contribution in [-0.4, -0.2) is 49.3 Å². The summed E-state index contributed by atoms with van der Waals surface area (Å²) in [5.74, 6) is -0.375. The summed E-state index contributed by atoms with van der Waals surface area (Å²) >= 11 is 0. The number of carbonyl (C=O) groups excluding carboxylic acids is 2. The number of anilines is 1. The van der Waals surface area contributed by atoms with Crippen molar-refractivity contribution in [2.45, 2.75) is 64.6 Å². The molecule has 2 aromatic heterocycles. The molecule has 0 spiro atoms. The molecule has 3 heterocycles. The molecule has 0 bridgehead atoms.